The molecule has 0 amide bonds. The molecule has 3 atom stereocenters. The highest BCUT2D eigenvalue weighted by molar-refractivity contribution is 7.13. The monoisotopic (exact) mass is 374 g/mol. The molecule has 1 aliphatic heterocycles. The minimum Gasteiger partial charge on any atom is -0.393 e. The van der Waals surface area contributed by atoms with Crippen LogP contribution in [0.15, 0.2) is 29.6 Å². The summed E-state index contributed by atoms with van der Waals surface area (Å²) in [5.41, 5.74) is 1.60. The first kappa shape index (κ1) is 18.1. The molecule has 2 aromatic rings. The van der Waals surface area contributed by atoms with Gasteiger partial charge in [-0.3, -0.25) is 4.90 Å². The molecule has 1 aromatic heterocycles. The van der Waals surface area contributed by atoms with Gasteiger partial charge in [0.05, 0.1) is 11.8 Å². The number of halogens is 1. The van der Waals surface area contributed by atoms with Crippen LogP contribution < -0.4 is 0 Å². The quantitative estimate of drug-likeness (QED) is 0.831. The molecule has 2 heterocycles. The molecule has 2 fully saturated rings. The molecular weight excluding hydrogens is 347 g/mol. The van der Waals surface area contributed by atoms with Crippen LogP contribution >= 0.6 is 11.3 Å². The minimum absolute atomic E-state index is 0.154. The maximum Gasteiger partial charge on any atom is 0.133 e. The van der Waals surface area contributed by atoms with Crippen molar-refractivity contribution in [3.63, 3.8) is 0 Å². The number of likely N-dealkylation sites (tertiary alicyclic amines) is 1. The second-order valence-corrected chi connectivity index (χ2v) is 8.53. The topological polar surface area (TPSA) is 36.4 Å². The third kappa shape index (κ3) is 3.85. The van der Waals surface area contributed by atoms with Crippen molar-refractivity contribution in [1.82, 2.24) is 9.88 Å². The number of benzene rings is 1. The molecule has 3 unspecified atom stereocenters. The number of hydrogen-bond acceptors (Lipinski definition) is 4. The number of rotatable bonds is 4. The summed E-state index contributed by atoms with van der Waals surface area (Å²) >= 11 is 1.52. The summed E-state index contributed by atoms with van der Waals surface area (Å²) in [7, 11) is 0. The zero-order valence-electron chi connectivity index (χ0n) is 15.1. The SMILES string of the molecule is OC1CCCCC1C1CCCCN1Cc1csc(-c2ccccc2F)n1. The van der Waals surface area contributed by atoms with Crippen molar-refractivity contribution < 1.29 is 9.50 Å². The molecule has 140 valence electrons. The predicted octanol–water partition coefficient (Wildman–Crippen LogP) is 4.85. The van der Waals surface area contributed by atoms with Crippen molar-refractivity contribution in [3.05, 3.63) is 41.2 Å². The van der Waals surface area contributed by atoms with E-state index in [-0.39, 0.29) is 11.9 Å². The van der Waals surface area contributed by atoms with Gasteiger partial charge in [0.2, 0.25) is 0 Å². The summed E-state index contributed by atoms with van der Waals surface area (Å²) in [5, 5.41) is 13.3. The van der Waals surface area contributed by atoms with Gasteiger partial charge >= 0.3 is 0 Å². The first-order valence-electron chi connectivity index (χ1n) is 9.84. The van der Waals surface area contributed by atoms with E-state index in [4.69, 9.17) is 4.98 Å². The zero-order chi connectivity index (χ0) is 17.9. The summed E-state index contributed by atoms with van der Waals surface area (Å²) < 4.78 is 14.0. The number of aromatic nitrogens is 1. The van der Waals surface area contributed by atoms with Gasteiger partial charge in [-0.2, -0.15) is 0 Å². The highest BCUT2D eigenvalue weighted by Gasteiger charge is 2.35. The number of piperidine rings is 1. The van der Waals surface area contributed by atoms with Crippen LogP contribution in [-0.2, 0) is 6.54 Å². The lowest BCUT2D eigenvalue weighted by Gasteiger charge is -2.43. The van der Waals surface area contributed by atoms with Crippen LogP contribution in [0.5, 0.6) is 0 Å². The second kappa shape index (κ2) is 8.15. The molecule has 4 rings (SSSR count). The van der Waals surface area contributed by atoms with Gasteiger partial charge < -0.3 is 5.11 Å². The smallest absolute Gasteiger partial charge is 0.133 e. The molecule has 1 N–H and O–H groups in total. The van der Waals surface area contributed by atoms with E-state index in [9.17, 15) is 9.50 Å². The lowest BCUT2D eigenvalue weighted by Crippen LogP contribution is -2.48. The van der Waals surface area contributed by atoms with E-state index in [1.165, 1.54) is 43.1 Å². The Morgan fingerprint density at radius 1 is 1.12 bits per heavy atom. The first-order valence-corrected chi connectivity index (χ1v) is 10.7. The fourth-order valence-corrected chi connectivity index (χ4v) is 5.47. The van der Waals surface area contributed by atoms with Crippen molar-refractivity contribution in [2.45, 2.75) is 63.6 Å². The van der Waals surface area contributed by atoms with Crippen molar-refractivity contribution in [3.8, 4) is 10.6 Å². The summed E-state index contributed by atoms with van der Waals surface area (Å²) in [6.07, 6.45) is 7.96. The second-order valence-electron chi connectivity index (χ2n) is 7.67. The van der Waals surface area contributed by atoms with Crippen molar-refractivity contribution >= 4 is 11.3 Å². The van der Waals surface area contributed by atoms with Gasteiger partial charge in [0.15, 0.2) is 0 Å². The molecule has 0 spiro atoms. The van der Waals surface area contributed by atoms with Crippen LogP contribution in [0.1, 0.15) is 50.6 Å². The Labute approximate surface area is 158 Å². The summed E-state index contributed by atoms with van der Waals surface area (Å²) in [5.74, 6) is 0.184. The molecular formula is C21H27FN2OS. The molecule has 3 nitrogen and oxygen atoms in total. The predicted molar refractivity (Wildman–Crippen MR) is 104 cm³/mol. The molecule has 26 heavy (non-hydrogen) atoms. The van der Waals surface area contributed by atoms with E-state index in [1.54, 1.807) is 12.1 Å². The Bertz CT molecular complexity index is 734. The third-order valence-electron chi connectivity index (χ3n) is 5.96. The van der Waals surface area contributed by atoms with Gasteiger partial charge in [-0.15, -0.1) is 11.3 Å². The standard InChI is InChI=1S/C21H27FN2OS/c22-18-9-3-1-7-16(18)21-23-15(14-26-21)13-24-12-6-5-10-19(24)17-8-2-4-11-20(17)25/h1,3,7,9,14,17,19-20,25H,2,4-6,8,10-13H2. The molecule has 1 saturated heterocycles. The maximum absolute atomic E-state index is 14.0. The van der Waals surface area contributed by atoms with E-state index in [2.05, 4.69) is 10.3 Å². The average Bonchev–Trinajstić information content (AvgIpc) is 3.11. The molecule has 0 radical (unpaired) electrons. The van der Waals surface area contributed by atoms with Gasteiger partial charge in [0.25, 0.3) is 0 Å². The maximum atomic E-state index is 14.0. The van der Waals surface area contributed by atoms with Crippen LogP contribution in [0.4, 0.5) is 4.39 Å². The van der Waals surface area contributed by atoms with Crippen molar-refractivity contribution in [2.75, 3.05) is 6.54 Å². The Morgan fingerprint density at radius 3 is 2.77 bits per heavy atom. The third-order valence-corrected chi connectivity index (χ3v) is 6.89. The van der Waals surface area contributed by atoms with E-state index >= 15 is 0 Å². The Balaban J connectivity index is 1.49. The lowest BCUT2D eigenvalue weighted by molar-refractivity contribution is -0.00895. The number of nitrogens with zero attached hydrogens (tertiary/aromatic N) is 2. The Kier molecular flexibility index (Phi) is 5.67. The van der Waals surface area contributed by atoms with Gasteiger partial charge in [-0.1, -0.05) is 31.4 Å². The average molecular weight is 375 g/mol. The molecule has 1 aliphatic carbocycles. The molecule has 1 aromatic carbocycles. The number of aliphatic hydroxyl groups is 1. The number of aliphatic hydroxyl groups excluding tert-OH is 1. The van der Waals surface area contributed by atoms with E-state index in [0.29, 0.717) is 17.5 Å². The highest BCUT2D eigenvalue weighted by atomic mass is 32.1. The van der Waals surface area contributed by atoms with Gasteiger partial charge in [0, 0.05) is 29.4 Å². The largest absolute Gasteiger partial charge is 0.393 e. The number of hydrogen-bond donors (Lipinski definition) is 1. The van der Waals surface area contributed by atoms with Gasteiger partial charge in [0.1, 0.15) is 10.8 Å². The highest BCUT2D eigenvalue weighted by Crippen LogP contribution is 2.35. The van der Waals surface area contributed by atoms with Crippen LogP contribution in [0, 0.1) is 11.7 Å². The summed E-state index contributed by atoms with van der Waals surface area (Å²) in [4.78, 5) is 7.23. The fourth-order valence-electron chi connectivity index (χ4n) is 4.63. The zero-order valence-corrected chi connectivity index (χ0v) is 15.9. The Morgan fingerprint density at radius 2 is 1.92 bits per heavy atom. The van der Waals surface area contributed by atoms with Crippen LogP contribution in [-0.4, -0.2) is 33.7 Å². The van der Waals surface area contributed by atoms with E-state index in [0.717, 1.165) is 43.1 Å². The summed E-state index contributed by atoms with van der Waals surface area (Å²) in [6.45, 7) is 1.87. The van der Waals surface area contributed by atoms with Crippen LogP contribution in [0.2, 0.25) is 0 Å². The normalized spacial score (nSPS) is 27.5. The van der Waals surface area contributed by atoms with Crippen molar-refractivity contribution in [2.24, 2.45) is 5.92 Å². The molecule has 5 heteroatoms. The fraction of sp³-hybridized carbons (Fsp3) is 0.571. The first-order chi connectivity index (χ1) is 12.7. The Hall–Kier alpha value is -1.30. The molecule has 1 saturated carbocycles. The number of thiazole rings is 1. The summed E-state index contributed by atoms with van der Waals surface area (Å²) in [6, 6.07) is 7.30. The molecule has 2 aliphatic rings. The molecule has 0 bridgehead atoms. The van der Waals surface area contributed by atoms with Gasteiger partial charge in [-0.05, 0) is 44.4 Å². The van der Waals surface area contributed by atoms with E-state index in [1.807, 2.05) is 6.07 Å². The lowest BCUT2D eigenvalue weighted by atomic mass is 9.78. The van der Waals surface area contributed by atoms with Crippen LogP contribution in [0.3, 0.4) is 0 Å². The van der Waals surface area contributed by atoms with Crippen molar-refractivity contribution in [1.29, 1.82) is 0 Å². The minimum atomic E-state index is -0.213. The van der Waals surface area contributed by atoms with Crippen LogP contribution in [0.25, 0.3) is 10.6 Å². The van der Waals surface area contributed by atoms with E-state index < -0.39 is 0 Å². The van der Waals surface area contributed by atoms with Gasteiger partial charge in [-0.25, -0.2) is 9.37 Å².